The number of nitrogens with one attached hydrogen (secondary N) is 1. The molecule has 1 aliphatic rings. The van der Waals surface area contributed by atoms with Gasteiger partial charge in [0, 0.05) is 14.0 Å². The van der Waals surface area contributed by atoms with Gasteiger partial charge in [-0.25, -0.2) is 4.79 Å². The molecule has 5 N–H and O–H groups in total. The normalized spacial score (nSPS) is 23.5. The summed E-state index contributed by atoms with van der Waals surface area (Å²) in [5.74, 6) is -1.72. The highest BCUT2D eigenvalue weighted by Gasteiger charge is 2.48. The van der Waals surface area contributed by atoms with Crippen molar-refractivity contribution in [2.75, 3.05) is 12.4 Å². The number of ether oxygens (including phenoxy) is 3. The molecule has 186 valence electrons. The highest BCUT2D eigenvalue weighted by Crippen LogP contribution is 2.30. The minimum atomic E-state index is -1.79. The van der Waals surface area contributed by atoms with E-state index in [4.69, 9.17) is 19.3 Å². The third-order valence-electron chi connectivity index (χ3n) is 3.81. The zero-order valence-corrected chi connectivity index (χ0v) is 20.2. The molecule has 0 aromatic heterocycles. The van der Waals surface area contributed by atoms with Gasteiger partial charge in [-0.3, -0.25) is 4.79 Å². The quantitative estimate of drug-likeness (QED) is 0.398. The van der Waals surface area contributed by atoms with E-state index < -0.39 is 42.6 Å². The van der Waals surface area contributed by atoms with E-state index in [2.05, 4.69) is 5.32 Å². The molecule has 1 aliphatic heterocycles. The van der Waals surface area contributed by atoms with E-state index >= 15 is 0 Å². The van der Waals surface area contributed by atoms with Crippen LogP contribution in [0.15, 0.2) is 18.2 Å². The van der Waals surface area contributed by atoms with Crippen LogP contribution in [0.1, 0.15) is 54.0 Å². The van der Waals surface area contributed by atoms with Crippen LogP contribution in [-0.4, -0.2) is 70.1 Å². The summed E-state index contributed by atoms with van der Waals surface area (Å²) in [5.41, 5.74) is 1.12. The summed E-state index contributed by atoms with van der Waals surface area (Å²) >= 11 is 0. The summed E-state index contributed by atoms with van der Waals surface area (Å²) in [5, 5.41) is 41.4. The average Bonchev–Trinajstić information content (AvgIpc) is 2.82. The molecule has 0 radical (unpaired) electrons. The van der Waals surface area contributed by atoms with Crippen molar-refractivity contribution in [2.45, 2.75) is 85.8 Å². The molecule has 1 saturated heterocycles. The second-order valence-corrected chi connectivity index (χ2v) is 5.71. The van der Waals surface area contributed by atoms with E-state index in [0.29, 0.717) is 11.3 Å². The maximum Gasteiger partial charge on any atom is 0.335 e. The van der Waals surface area contributed by atoms with Crippen LogP contribution in [0.25, 0.3) is 0 Å². The Kier molecular flexibility index (Phi) is 17.1. The second kappa shape index (κ2) is 17.2. The molecule has 1 aromatic carbocycles. The first-order valence-electron chi connectivity index (χ1n) is 10.8. The number of aliphatic hydroxyl groups excluding tert-OH is 3. The lowest BCUT2D eigenvalue weighted by molar-refractivity contribution is -0.271. The van der Waals surface area contributed by atoms with Gasteiger partial charge in [-0.15, -0.1) is 0 Å². The number of aliphatic hydroxyl groups is 3. The van der Waals surface area contributed by atoms with Crippen molar-refractivity contribution < 1.29 is 44.2 Å². The van der Waals surface area contributed by atoms with E-state index in [-0.39, 0.29) is 12.4 Å². The second-order valence-electron chi connectivity index (χ2n) is 5.71. The lowest BCUT2D eigenvalue weighted by Crippen LogP contribution is -2.61. The molecule has 0 aliphatic carbocycles. The van der Waals surface area contributed by atoms with Gasteiger partial charge in [-0.1, -0.05) is 47.6 Å². The number of carbonyl (C=O) groups is 2. The Balaban J connectivity index is 0. The Morgan fingerprint density at radius 2 is 1.56 bits per heavy atom. The van der Waals surface area contributed by atoms with Gasteiger partial charge < -0.3 is 40.0 Å². The predicted octanol–water partition coefficient (Wildman–Crippen LogP) is 2.14. The summed E-state index contributed by atoms with van der Waals surface area (Å²) in [6, 6.07) is 4.75. The molecule has 1 fully saturated rings. The van der Waals surface area contributed by atoms with Gasteiger partial charge in [0.15, 0.2) is 6.10 Å². The molecule has 0 spiro atoms. The Hall–Kier alpha value is -2.40. The number of anilines is 1. The fourth-order valence-corrected chi connectivity index (χ4v) is 2.42. The molecule has 2 rings (SSSR count). The molecule has 1 heterocycles. The summed E-state index contributed by atoms with van der Waals surface area (Å²) in [6.07, 6.45) is -8.47. The minimum absolute atomic E-state index is 0.0544. The molecular weight excluding hydrogens is 422 g/mol. The van der Waals surface area contributed by atoms with Crippen molar-refractivity contribution in [3.63, 3.8) is 0 Å². The van der Waals surface area contributed by atoms with E-state index in [0.717, 1.165) is 0 Å². The van der Waals surface area contributed by atoms with Crippen molar-refractivity contribution >= 4 is 17.6 Å². The summed E-state index contributed by atoms with van der Waals surface area (Å²) < 4.78 is 15.5. The molecular formula is C22H39NO9. The zero-order chi connectivity index (χ0) is 25.4. The van der Waals surface area contributed by atoms with Crippen LogP contribution in [0.2, 0.25) is 0 Å². The number of carbonyl (C=O) groups excluding carboxylic acids is 1. The number of carboxylic acids is 1. The Labute approximate surface area is 190 Å². The van der Waals surface area contributed by atoms with Gasteiger partial charge >= 0.3 is 11.9 Å². The number of esters is 1. The monoisotopic (exact) mass is 461 g/mol. The van der Waals surface area contributed by atoms with Crippen molar-refractivity contribution in [1.29, 1.82) is 0 Å². The molecule has 1 aromatic rings. The van der Waals surface area contributed by atoms with Crippen LogP contribution in [0.5, 0.6) is 5.75 Å². The first-order valence-corrected chi connectivity index (χ1v) is 10.8. The molecule has 5 atom stereocenters. The van der Waals surface area contributed by atoms with E-state index in [1.165, 1.54) is 13.0 Å². The van der Waals surface area contributed by atoms with Gasteiger partial charge in [-0.2, -0.15) is 0 Å². The maximum absolute atomic E-state index is 11.1. The first-order chi connectivity index (χ1) is 15.2. The van der Waals surface area contributed by atoms with Crippen molar-refractivity contribution in [3.05, 3.63) is 23.8 Å². The highest BCUT2D eigenvalue weighted by atomic mass is 16.7. The maximum atomic E-state index is 11.1. The van der Waals surface area contributed by atoms with Crippen molar-refractivity contribution in [3.8, 4) is 5.75 Å². The predicted molar refractivity (Wildman–Crippen MR) is 120 cm³/mol. The van der Waals surface area contributed by atoms with Crippen LogP contribution in [0, 0.1) is 0 Å². The third kappa shape index (κ3) is 9.39. The molecule has 0 amide bonds. The van der Waals surface area contributed by atoms with Crippen LogP contribution in [0.4, 0.5) is 5.69 Å². The number of hydrogen-bond acceptors (Lipinski definition) is 9. The lowest BCUT2D eigenvalue weighted by Gasteiger charge is -2.38. The SMILES string of the molecule is CC.CC.CC.CNc1cc(COC(C)=O)ccc1O[C@@H]1O[C@H](C(=O)O)[C@@H](O)[C@H](O)[C@H]1O. The number of hydrogen-bond donors (Lipinski definition) is 5. The number of benzene rings is 1. The number of carboxylic acid groups (broad SMARTS) is 1. The topological polar surface area (TPSA) is 155 Å². The van der Waals surface area contributed by atoms with Crippen molar-refractivity contribution in [2.24, 2.45) is 0 Å². The first kappa shape index (κ1) is 31.8. The van der Waals surface area contributed by atoms with Crippen LogP contribution in [-0.2, 0) is 25.7 Å². The fourth-order valence-electron chi connectivity index (χ4n) is 2.42. The summed E-state index contributed by atoms with van der Waals surface area (Å²) in [4.78, 5) is 22.0. The number of aliphatic carboxylic acids is 1. The largest absolute Gasteiger partial charge is 0.479 e. The highest BCUT2D eigenvalue weighted by molar-refractivity contribution is 5.73. The zero-order valence-electron chi connectivity index (χ0n) is 20.2. The van der Waals surface area contributed by atoms with E-state index in [1.807, 2.05) is 41.5 Å². The minimum Gasteiger partial charge on any atom is -0.479 e. The van der Waals surface area contributed by atoms with E-state index in [9.17, 15) is 24.9 Å². The number of rotatable bonds is 6. The van der Waals surface area contributed by atoms with Gasteiger partial charge in [0.05, 0.1) is 5.69 Å². The molecule has 0 unspecified atom stereocenters. The molecule has 0 saturated carbocycles. The van der Waals surface area contributed by atoms with Crippen LogP contribution in [0.3, 0.4) is 0 Å². The van der Waals surface area contributed by atoms with Crippen molar-refractivity contribution in [1.82, 2.24) is 0 Å². The fraction of sp³-hybridized carbons (Fsp3) is 0.636. The van der Waals surface area contributed by atoms with Gasteiger partial charge in [0.2, 0.25) is 6.29 Å². The molecule has 10 nitrogen and oxygen atoms in total. The molecule has 10 heteroatoms. The Bertz CT molecular complexity index is 669. The Morgan fingerprint density at radius 3 is 2.03 bits per heavy atom. The smallest absolute Gasteiger partial charge is 0.335 e. The van der Waals surface area contributed by atoms with Gasteiger partial charge in [-0.05, 0) is 17.7 Å². The lowest BCUT2D eigenvalue weighted by atomic mass is 9.99. The summed E-state index contributed by atoms with van der Waals surface area (Å²) in [6.45, 7) is 13.3. The van der Waals surface area contributed by atoms with Gasteiger partial charge in [0.25, 0.3) is 0 Å². The van der Waals surface area contributed by atoms with Crippen LogP contribution < -0.4 is 10.1 Å². The van der Waals surface area contributed by atoms with Crippen LogP contribution >= 0.6 is 0 Å². The van der Waals surface area contributed by atoms with Gasteiger partial charge in [0.1, 0.15) is 30.7 Å². The molecule has 32 heavy (non-hydrogen) atoms. The Morgan fingerprint density at radius 1 is 1.00 bits per heavy atom. The third-order valence-corrected chi connectivity index (χ3v) is 3.81. The average molecular weight is 462 g/mol. The standard InChI is InChI=1S/C16H21NO9.3C2H6/c1-7(18)24-6-8-3-4-10(9(5-8)17-2)25-16-13(21)11(19)12(20)14(26-16)15(22)23;3*1-2/h3-5,11-14,16-17,19-21H,6H2,1-2H3,(H,22,23);3*1-2H3/t11-,12-,13+,14-,16+;;;/m0.../s1. The van der Waals surface area contributed by atoms with E-state index in [1.54, 1.807) is 19.2 Å². The molecule has 0 bridgehead atoms. The summed E-state index contributed by atoms with van der Waals surface area (Å²) in [7, 11) is 1.61.